The highest BCUT2D eigenvalue weighted by Crippen LogP contribution is 2.25. The van der Waals surface area contributed by atoms with Crippen LogP contribution in [0.15, 0.2) is 48.5 Å². The second-order valence-corrected chi connectivity index (χ2v) is 5.69. The Balaban J connectivity index is 1.76. The molecule has 0 bridgehead atoms. The first-order valence-electron chi connectivity index (χ1n) is 6.94. The predicted molar refractivity (Wildman–Crippen MR) is 88.4 cm³/mol. The summed E-state index contributed by atoms with van der Waals surface area (Å²) in [7, 11) is 1.58. The number of hydrogen-bond donors (Lipinski definition) is 1. The molecule has 24 heavy (non-hydrogen) atoms. The van der Waals surface area contributed by atoms with E-state index in [4.69, 9.17) is 4.74 Å². The summed E-state index contributed by atoms with van der Waals surface area (Å²) in [6, 6.07) is 12.1. The van der Waals surface area contributed by atoms with Gasteiger partial charge in [0.25, 0.3) is 5.91 Å². The van der Waals surface area contributed by atoms with Crippen molar-refractivity contribution in [3.63, 3.8) is 0 Å². The van der Waals surface area contributed by atoms with E-state index in [9.17, 15) is 13.6 Å². The maximum Gasteiger partial charge on any atom is 0.267 e. The molecule has 1 N–H and O–H groups in total. The molecule has 1 heterocycles. The molecule has 0 fully saturated rings. The van der Waals surface area contributed by atoms with E-state index in [-0.39, 0.29) is 5.69 Å². The molecular weight excluding hydrogens is 334 g/mol. The standard InChI is InChI=1S/C17H12F2N2O2S/c1-23-12-5-2-10(3-6-12)15-9-16(24-21-15)17(22)20-11-4-7-13(18)14(19)8-11/h2-9H,1H3,(H,20,22). The zero-order valence-electron chi connectivity index (χ0n) is 12.5. The number of hydrogen-bond acceptors (Lipinski definition) is 4. The number of anilines is 1. The van der Waals surface area contributed by atoms with Gasteiger partial charge in [-0.15, -0.1) is 0 Å². The molecule has 0 saturated carbocycles. The molecule has 0 aliphatic rings. The summed E-state index contributed by atoms with van der Waals surface area (Å²) in [6.07, 6.45) is 0. The number of aromatic nitrogens is 1. The number of carbonyl (C=O) groups excluding carboxylic acids is 1. The maximum absolute atomic E-state index is 13.2. The fraction of sp³-hybridized carbons (Fsp3) is 0.0588. The lowest BCUT2D eigenvalue weighted by Gasteiger charge is -2.03. The molecule has 0 saturated heterocycles. The lowest BCUT2D eigenvalue weighted by molar-refractivity contribution is 0.103. The van der Waals surface area contributed by atoms with Gasteiger partial charge in [0.2, 0.25) is 0 Å². The van der Waals surface area contributed by atoms with E-state index < -0.39 is 17.5 Å². The fourth-order valence-corrected chi connectivity index (χ4v) is 2.70. The zero-order valence-corrected chi connectivity index (χ0v) is 13.4. The monoisotopic (exact) mass is 346 g/mol. The first-order chi connectivity index (χ1) is 11.6. The Morgan fingerprint density at radius 3 is 2.50 bits per heavy atom. The van der Waals surface area contributed by atoms with Gasteiger partial charge in [-0.05, 0) is 54.0 Å². The molecule has 0 spiro atoms. The van der Waals surface area contributed by atoms with Crippen LogP contribution in [0.25, 0.3) is 11.3 Å². The molecule has 1 amide bonds. The van der Waals surface area contributed by atoms with Crippen molar-refractivity contribution in [2.24, 2.45) is 0 Å². The highest BCUT2D eigenvalue weighted by Gasteiger charge is 2.13. The second kappa shape index (κ2) is 6.76. The summed E-state index contributed by atoms with van der Waals surface area (Å²) < 4.78 is 35.4. The predicted octanol–water partition coefficient (Wildman–Crippen LogP) is 4.35. The molecule has 0 radical (unpaired) electrons. The molecule has 2 aromatic carbocycles. The molecule has 3 rings (SSSR count). The van der Waals surface area contributed by atoms with Gasteiger partial charge in [0.1, 0.15) is 10.6 Å². The maximum atomic E-state index is 13.2. The van der Waals surface area contributed by atoms with Gasteiger partial charge >= 0.3 is 0 Å². The topological polar surface area (TPSA) is 51.2 Å². The Bertz CT molecular complexity index is 879. The summed E-state index contributed by atoms with van der Waals surface area (Å²) >= 11 is 1.03. The molecule has 122 valence electrons. The Morgan fingerprint density at radius 2 is 1.83 bits per heavy atom. The fourth-order valence-electron chi connectivity index (χ4n) is 2.05. The summed E-state index contributed by atoms with van der Waals surface area (Å²) in [5.41, 5.74) is 1.68. The van der Waals surface area contributed by atoms with E-state index in [0.29, 0.717) is 10.6 Å². The first kappa shape index (κ1) is 16.1. The van der Waals surface area contributed by atoms with E-state index >= 15 is 0 Å². The number of nitrogens with zero attached hydrogens (tertiary/aromatic N) is 1. The Hall–Kier alpha value is -2.80. The van der Waals surface area contributed by atoms with Gasteiger partial charge in [0.05, 0.1) is 12.8 Å². The van der Waals surface area contributed by atoms with Crippen LogP contribution in [-0.4, -0.2) is 17.4 Å². The van der Waals surface area contributed by atoms with Crippen molar-refractivity contribution < 1.29 is 18.3 Å². The third kappa shape index (κ3) is 3.41. The van der Waals surface area contributed by atoms with Gasteiger partial charge in [-0.2, -0.15) is 4.37 Å². The molecule has 0 aliphatic heterocycles. The van der Waals surface area contributed by atoms with Gasteiger partial charge in [0.15, 0.2) is 11.6 Å². The molecule has 0 unspecified atom stereocenters. The summed E-state index contributed by atoms with van der Waals surface area (Å²) in [5.74, 6) is -1.69. The summed E-state index contributed by atoms with van der Waals surface area (Å²) in [4.78, 5) is 12.5. The van der Waals surface area contributed by atoms with Crippen molar-refractivity contribution in [1.82, 2.24) is 4.37 Å². The number of methoxy groups -OCH3 is 1. The van der Waals surface area contributed by atoms with Crippen molar-refractivity contribution in [1.29, 1.82) is 0 Å². The third-order valence-corrected chi connectivity index (χ3v) is 4.09. The molecule has 4 nitrogen and oxygen atoms in total. The highest BCUT2D eigenvalue weighted by atomic mass is 32.1. The third-order valence-electron chi connectivity index (χ3n) is 3.30. The lowest BCUT2D eigenvalue weighted by Crippen LogP contribution is -2.10. The highest BCUT2D eigenvalue weighted by molar-refractivity contribution is 7.08. The second-order valence-electron chi connectivity index (χ2n) is 4.89. The van der Waals surface area contributed by atoms with Crippen molar-refractivity contribution in [2.45, 2.75) is 0 Å². The van der Waals surface area contributed by atoms with E-state index in [1.165, 1.54) is 6.07 Å². The summed E-state index contributed by atoms with van der Waals surface area (Å²) in [6.45, 7) is 0. The minimum absolute atomic E-state index is 0.179. The van der Waals surface area contributed by atoms with E-state index in [1.807, 2.05) is 12.1 Å². The van der Waals surface area contributed by atoms with E-state index in [0.717, 1.165) is 35.0 Å². The molecule has 0 atom stereocenters. The van der Waals surface area contributed by atoms with Crippen LogP contribution in [0.1, 0.15) is 9.67 Å². The average molecular weight is 346 g/mol. The minimum atomic E-state index is -1.02. The number of carbonyl (C=O) groups is 1. The van der Waals surface area contributed by atoms with Crippen molar-refractivity contribution in [3.8, 4) is 17.0 Å². The Labute approximate surface area is 140 Å². The van der Waals surface area contributed by atoms with Crippen LogP contribution >= 0.6 is 11.5 Å². The van der Waals surface area contributed by atoms with Crippen molar-refractivity contribution in [3.05, 3.63) is 65.0 Å². The van der Waals surface area contributed by atoms with Gasteiger partial charge in [0, 0.05) is 17.3 Å². The van der Waals surface area contributed by atoms with Gasteiger partial charge in [-0.25, -0.2) is 8.78 Å². The van der Waals surface area contributed by atoms with Crippen LogP contribution in [0.3, 0.4) is 0 Å². The Kier molecular flexibility index (Phi) is 4.52. The minimum Gasteiger partial charge on any atom is -0.497 e. The number of nitrogens with one attached hydrogen (secondary N) is 1. The van der Waals surface area contributed by atoms with E-state index in [1.54, 1.807) is 25.3 Å². The van der Waals surface area contributed by atoms with Crippen LogP contribution in [0.4, 0.5) is 14.5 Å². The zero-order chi connectivity index (χ0) is 17.1. The number of ether oxygens (including phenoxy) is 1. The normalized spacial score (nSPS) is 10.5. The molecule has 1 aromatic heterocycles. The van der Waals surface area contributed by atoms with Crippen LogP contribution < -0.4 is 10.1 Å². The van der Waals surface area contributed by atoms with Crippen LogP contribution in [0.5, 0.6) is 5.75 Å². The van der Waals surface area contributed by atoms with Crippen LogP contribution in [0, 0.1) is 11.6 Å². The molecule has 7 heteroatoms. The molecule has 0 aliphatic carbocycles. The first-order valence-corrected chi connectivity index (χ1v) is 7.71. The van der Waals surface area contributed by atoms with Crippen LogP contribution in [0.2, 0.25) is 0 Å². The number of benzene rings is 2. The Morgan fingerprint density at radius 1 is 1.08 bits per heavy atom. The SMILES string of the molecule is COc1ccc(-c2cc(C(=O)Nc3ccc(F)c(F)c3)sn2)cc1. The van der Waals surface area contributed by atoms with Crippen LogP contribution in [-0.2, 0) is 0 Å². The number of amides is 1. The smallest absolute Gasteiger partial charge is 0.267 e. The largest absolute Gasteiger partial charge is 0.497 e. The van der Waals surface area contributed by atoms with Gasteiger partial charge in [-0.1, -0.05) is 0 Å². The van der Waals surface area contributed by atoms with Crippen molar-refractivity contribution in [2.75, 3.05) is 12.4 Å². The number of rotatable bonds is 4. The van der Waals surface area contributed by atoms with E-state index in [2.05, 4.69) is 9.69 Å². The van der Waals surface area contributed by atoms with Gasteiger partial charge in [-0.3, -0.25) is 4.79 Å². The summed E-state index contributed by atoms with van der Waals surface area (Å²) in [5, 5.41) is 2.51. The quantitative estimate of drug-likeness (QED) is 0.764. The van der Waals surface area contributed by atoms with Crippen molar-refractivity contribution >= 4 is 23.1 Å². The lowest BCUT2D eigenvalue weighted by atomic mass is 10.1. The molecule has 3 aromatic rings. The van der Waals surface area contributed by atoms with Gasteiger partial charge < -0.3 is 10.1 Å². The molecular formula is C17H12F2N2O2S. The average Bonchev–Trinajstić information content (AvgIpc) is 3.08. The number of halogens is 2.